The maximum Gasteiger partial charge on any atom is 0.306 e. The largest absolute Gasteiger partial charge is 0.481 e. The van der Waals surface area contributed by atoms with Gasteiger partial charge in [-0.1, -0.05) is 64.4 Å². The van der Waals surface area contributed by atoms with Crippen molar-refractivity contribution in [1.82, 2.24) is 15.2 Å². The number of thiazole rings is 1. The Hall–Kier alpha value is -2.74. The van der Waals surface area contributed by atoms with Crippen molar-refractivity contribution in [2.45, 2.75) is 84.7 Å². The van der Waals surface area contributed by atoms with Crippen LogP contribution in [0.1, 0.15) is 80.9 Å². The molecule has 2 N–H and O–H groups in total. The van der Waals surface area contributed by atoms with Crippen molar-refractivity contribution >= 4 is 29.1 Å². The first-order valence-corrected chi connectivity index (χ1v) is 13.8. The molecule has 36 heavy (non-hydrogen) atoms. The van der Waals surface area contributed by atoms with Gasteiger partial charge in [-0.25, -0.2) is 4.98 Å². The van der Waals surface area contributed by atoms with Crippen LogP contribution in [0.25, 0.3) is 0 Å². The van der Waals surface area contributed by atoms with Gasteiger partial charge >= 0.3 is 5.97 Å². The molecule has 2 rings (SSSR count). The SMILES string of the molecule is CCCCC(=O)N(C)[C@H](CCc1nc(C(=O)N[C@@H](Cc2ccccc2)C[C@H](C)C(=O)O)cs1)C(C)C. The van der Waals surface area contributed by atoms with E-state index in [9.17, 15) is 19.5 Å². The molecule has 8 heteroatoms. The minimum Gasteiger partial charge on any atom is -0.481 e. The number of aromatic nitrogens is 1. The normalized spacial score (nSPS) is 13.7. The van der Waals surface area contributed by atoms with E-state index in [2.05, 4.69) is 31.1 Å². The van der Waals surface area contributed by atoms with Crippen molar-refractivity contribution in [2.75, 3.05) is 7.05 Å². The smallest absolute Gasteiger partial charge is 0.306 e. The first kappa shape index (κ1) is 29.5. The second kappa shape index (κ2) is 14.7. The molecular weight excluding hydrogens is 474 g/mol. The second-order valence-electron chi connectivity index (χ2n) is 9.92. The van der Waals surface area contributed by atoms with E-state index in [1.165, 1.54) is 11.3 Å². The molecule has 1 aromatic heterocycles. The summed E-state index contributed by atoms with van der Waals surface area (Å²) in [6, 6.07) is 9.53. The quantitative estimate of drug-likeness (QED) is 0.340. The second-order valence-corrected chi connectivity index (χ2v) is 10.9. The molecule has 0 saturated heterocycles. The van der Waals surface area contributed by atoms with Gasteiger partial charge in [0.2, 0.25) is 5.91 Å². The summed E-state index contributed by atoms with van der Waals surface area (Å²) >= 11 is 1.45. The third-order valence-corrected chi connectivity index (χ3v) is 7.47. The van der Waals surface area contributed by atoms with Crippen molar-refractivity contribution < 1.29 is 19.5 Å². The molecule has 0 aliphatic heterocycles. The molecule has 0 saturated carbocycles. The highest BCUT2D eigenvalue weighted by Gasteiger charge is 2.24. The van der Waals surface area contributed by atoms with Crippen molar-refractivity contribution in [2.24, 2.45) is 11.8 Å². The lowest BCUT2D eigenvalue weighted by molar-refractivity contribution is -0.141. The highest BCUT2D eigenvalue weighted by molar-refractivity contribution is 7.09. The highest BCUT2D eigenvalue weighted by atomic mass is 32.1. The number of amides is 2. The average Bonchev–Trinajstić information content (AvgIpc) is 3.32. The Morgan fingerprint density at radius 2 is 1.83 bits per heavy atom. The van der Waals surface area contributed by atoms with Gasteiger partial charge in [-0.15, -0.1) is 11.3 Å². The van der Waals surface area contributed by atoms with Crippen LogP contribution in [0.2, 0.25) is 0 Å². The van der Waals surface area contributed by atoms with Crippen molar-refractivity contribution in [3.63, 3.8) is 0 Å². The minimum atomic E-state index is -0.879. The third kappa shape index (κ3) is 9.37. The molecule has 0 radical (unpaired) electrons. The van der Waals surface area contributed by atoms with E-state index in [4.69, 9.17) is 0 Å². The Bertz CT molecular complexity index is 976. The summed E-state index contributed by atoms with van der Waals surface area (Å²) in [7, 11) is 1.88. The van der Waals surface area contributed by atoms with Crippen LogP contribution in [-0.4, -0.2) is 51.9 Å². The van der Waals surface area contributed by atoms with Crippen LogP contribution >= 0.6 is 11.3 Å². The molecular formula is C28H41N3O4S. The molecule has 1 heterocycles. The van der Waals surface area contributed by atoms with Gasteiger partial charge in [0.15, 0.2) is 0 Å². The Morgan fingerprint density at radius 1 is 1.14 bits per heavy atom. The molecule has 3 atom stereocenters. The van der Waals surface area contributed by atoms with Crippen LogP contribution < -0.4 is 5.32 Å². The zero-order valence-corrected chi connectivity index (χ0v) is 23.0. The van der Waals surface area contributed by atoms with Gasteiger partial charge in [-0.05, 0) is 37.2 Å². The number of carboxylic acids is 1. The van der Waals surface area contributed by atoms with Crippen LogP contribution in [0, 0.1) is 11.8 Å². The van der Waals surface area contributed by atoms with E-state index in [0.29, 0.717) is 37.3 Å². The predicted octanol–water partition coefficient (Wildman–Crippen LogP) is 5.20. The van der Waals surface area contributed by atoms with Gasteiger partial charge in [0.1, 0.15) is 5.69 Å². The summed E-state index contributed by atoms with van der Waals surface area (Å²) in [5.74, 6) is -1.25. The maximum absolute atomic E-state index is 13.0. The maximum atomic E-state index is 13.0. The Balaban J connectivity index is 2.02. The van der Waals surface area contributed by atoms with Crippen LogP contribution in [0.3, 0.4) is 0 Å². The van der Waals surface area contributed by atoms with Crippen molar-refractivity contribution in [3.8, 4) is 0 Å². The summed E-state index contributed by atoms with van der Waals surface area (Å²) in [5, 5.41) is 15.0. The van der Waals surface area contributed by atoms with Gasteiger partial charge in [-0.2, -0.15) is 0 Å². The topological polar surface area (TPSA) is 99.6 Å². The van der Waals surface area contributed by atoms with E-state index in [1.54, 1.807) is 12.3 Å². The number of hydrogen-bond donors (Lipinski definition) is 2. The number of benzene rings is 1. The fourth-order valence-corrected chi connectivity index (χ4v) is 5.14. The summed E-state index contributed by atoms with van der Waals surface area (Å²) in [6.07, 6.45) is 4.83. The van der Waals surface area contributed by atoms with Crippen molar-refractivity contribution in [1.29, 1.82) is 0 Å². The summed E-state index contributed by atoms with van der Waals surface area (Å²) < 4.78 is 0. The van der Waals surface area contributed by atoms with Gasteiger partial charge in [0.25, 0.3) is 5.91 Å². The molecule has 0 unspecified atom stereocenters. The lowest BCUT2D eigenvalue weighted by Gasteiger charge is -2.31. The minimum absolute atomic E-state index is 0.114. The molecule has 7 nitrogen and oxygen atoms in total. The lowest BCUT2D eigenvalue weighted by atomic mass is 9.96. The number of nitrogens with one attached hydrogen (secondary N) is 1. The van der Waals surface area contributed by atoms with Crippen LogP contribution in [0.15, 0.2) is 35.7 Å². The van der Waals surface area contributed by atoms with E-state index >= 15 is 0 Å². The van der Waals surface area contributed by atoms with Gasteiger partial charge in [0, 0.05) is 37.4 Å². The van der Waals surface area contributed by atoms with E-state index in [0.717, 1.165) is 29.8 Å². The summed E-state index contributed by atoms with van der Waals surface area (Å²) in [5.41, 5.74) is 1.39. The first-order chi connectivity index (χ1) is 17.1. The predicted molar refractivity (Wildman–Crippen MR) is 144 cm³/mol. The van der Waals surface area contributed by atoms with Crippen LogP contribution in [0.5, 0.6) is 0 Å². The van der Waals surface area contributed by atoms with Crippen LogP contribution in [-0.2, 0) is 22.4 Å². The summed E-state index contributed by atoms with van der Waals surface area (Å²) in [6.45, 7) is 7.99. The van der Waals surface area contributed by atoms with E-state index in [1.807, 2.05) is 42.3 Å². The standard InChI is InChI=1S/C28H41N3O4S/c1-6-7-13-26(32)31(5)24(19(2)3)14-15-25-30-23(18-36-25)27(33)29-22(16-20(4)28(34)35)17-21-11-9-8-10-12-21/h8-12,18-20,22,24H,6-7,13-17H2,1-5H3,(H,29,33)(H,34,35)/t20-,22+,24+/m0/s1. The molecule has 0 spiro atoms. The number of aliphatic carboxylic acids is 1. The fraction of sp³-hybridized carbons (Fsp3) is 0.571. The number of carbonyl (C=O) groups excluding carboxylic acids is 2. The first-order valence-electron chi connectivity index (χ1n) is 12.9. The molecule has 198 valence electrons. The Morgan fingerprint density at radius 3 is 2.44 bits per heavy atom. The van der Waals surface area contributed by atoms with Crippen molar-refractivity contribution in [3.05, 3.63) is 52.0 Å². The van der Waals surface area contributed by atoms with Crippen LogP contribution in [0.4, 0.5) is 0 Å². The molecule has 0 bridgehead atoms. The molecule has 2 amide bonds. The number of carboxylic acid groups (broad SMARTS) is 1. The highest BCUT2D eigenvalue weighted by Crippen LogP contribution is 2.20. The molecule has 0 fully saturated rings. The van der Waals surface area contributed by atoms with Gasteiger partial charge in [0.05, 0.1) is 10.9 Å². The monoisotopic (exact) mass is 515 g/mol. The number of unbranched alkanes of at least 4 members (excludes halogenated alkanes) is 1. The summed E-state index contributed by atoms with van der Waals surface area (Å²) in [4.78, 5) is 43.4. The Labute approximate surface area is 219 Å². The number of carbonyl (C=O) groups is 3. The third-order valence-electron chi connectivity index (χ3n) is 6.56. The average molecular weight is 516 g/mol. The van der Waals surface area contributed by atoms with Gasteiger partial charge in [-0.3, -0.25) is 14.4 Å². The molecule has 1 aromatic carbocycles. The van der Waals surface area contributed by atoms with Gasteiger partial charge < -0.3 is 15.3 Å². The molecule has 0 aliphatic rings. The number of nitrogens with zero attached hydrogens (tertiary/aromatic N) is 2. The number of rotatable bonds is 15. The molecule has 2 aromatic rings. The molecule has 0 aliphatic carbocycles. The van der Waals surface area contributed by atoms with E-state index < -0.39 is 11.9 Å². The number of hydrogen-bond acceptors (Lipinski definition) is 5. The lowest BCUT2D eigenvalue weighted by Crippen LogP contribution is -2.40. The fourth-order valence-electron chi connectivity index (χ4n) is 4.34. The Kier molecular flexibility index (Phi) is 12.1. The zero-order chi connectivity index (χ0) is 26.7. The number of aryl methyl sites for hydroxylation is 1. The zero-order valence-electron chi connectivity index (χ0n) is 22.2. The van der Waals surface area contributed by atoms with E-state index in [-0.39, 0.29) is 23.9 Å².